The highest BCUT2D eigenvalue weighted by Gasteiger charge is 2.27. The number of fused-ring (bicyclic) bond motifs is 1. The highest BCUT2D eigenvalue weighted by molar-refractivity contribution is 5.48. The lowest BCUT2D eigenvalue weighted by atomic mass is 10.1. The minimum Gasteiger partial charge on any atom is -0.378 e. The first-order chi connectivity index (χ1) is 15.5. The van der Waals surface area contributed by atoms with Crippen LogP contribution in [0.5, 0.6) is 0 Å². The minimum absolute atomic E-state index is 0.00584. The largest absolute Gasteiger partial charge is 0.378 e. The van der Waals surface area contributed by atoms with Crippen LogP contribution in [-0.2, 0) is 29.0 Å². The molecule has 0 aliphatic carbocycles. The smallest absolute Gasteiger partial charge is 0.255 e. The van der Waals surface area contributed by atoms with E-state index >= 15 is 0 Å². The van der Waals surface area contributed by atoms with Crippen molar-refractivity contribution in [2.45, 2.75) is 45.6 Å². The molecule has 0 unspecified atom stereocenters. The molecular weight excluding hydrogens is 406 g/mol. The van der Waals surface area contributed by atoms with Gasteiger partial charge in [0.15, 0.2) is 0 Å². The minimum atomic E-state index is 0.00584. The summed E-state index contributed by atoms with van der Waals surface area (Å²) in [5.74, 6) is 0.674. The fourth-order valence-corrected chi connectivity index (χ4v) is 5.01. The first-order valence-corrected chi connectivity index (χ1v) is 11.7. The molecule has 2 fully saturated rings. The van der Waals surface area contributed by atoms with E-state index < -0.39 is 0 Å². The molecule has 1 N–H and O–H groups in total. The van der Waals surface area contributed by atoms with E-state index in [-0.39, 0.29) is 17.8 Å². The molecule has 0 saturated carbocycles. The van der Waals surface area contributed by atoms with E-state index in [1.165, 1.54) is 11.3 Å². The first-order valence-electron chi connectivity index (χ1n) is 11.7. The lowest BCUT2D eigenvalue weighted by Crippen LogP contribution is -2.47. The molecule has 3 aliphatic heterocycles. The maximum Gasteiger partial charge on any atom is 0.255 e. The lowest BCUT2D eigenvalue weighted by molar-refractivity contribution is -0.00576. The molecule has 8 nitrogen and oxygen atoms in total. The standard InChI is InChI=1S/C24H33N5O3/c1-17-13-29(14-18(2)32-17)24-25-22-16-27(8-7-21(22)23(30)26-24)15-19-3-5-20(6-4-19)28-9-11-31-12-10-28/h3-6,17-18H,7-16H2,1-2H3,(H,25,26,30)/t17-,18-/m0/s1. The van der Waals surface area contributed by atoms with Gasteiger partial charge in [-0.15, -0.1) is 0 Å². The number of ether oxygens (including phenoxy) is 2. The van der Waals surface area contributed by atoms with E-state index in [9.17, 15) is 4.79 Å². The highest BCUT2D eigenvalue weighted by atomic mass is 16.5. The van der Waals surface area contributed by atoms with Crippen molar-refractivity contribution >= 4 is 11.6 Å². The third-order valence-electron chi connectivity index (χ3n) is 6.58. The molecule has 0 amide bonds. The van der Waals surface area contributed by atoms with Crippen molar-refractivity contribution in [2.75, 3.05) is 55.7 Å². The third-order valence-corrected chi connectivity index (χ3v) is 6.58. The number of nitrogens with zero attached hydrogens (tertiary/aromatic N) is 4. The monoisotopic (exact) mass is 439 g/mol. The second-order valence-electron chi connectivity index (χ2n) is 9.20. The summed E-state index contributed by atoms with van der Waals surface area (Å²) in [4.78, 5) is 27.6. The number of benzene rings is 1. The van der Waals surface area contributed by atoms with Gasteiger partial charge in [0.2, 0.25) is 5.95 Å². The average Bonchev–Trinajstić information content (AvgIpc) is 2.79. The van der Waals surface area contributed by atoms with Gasteiger partial charge in [0, 0.05) is 57.1 Å². The van der Waals surface area contributed by atoms with Gasteiger partial charge >= 0.3 is 0 Å². The normalized spacial score (nSPS) is 24.4. The number of morpholine rings is 2. The van der Waals surface area contributed by atoms with Crippen LogP contribution < -0.4 is 15.4 Å². The summed E-state index contributed by atoms with van der Waals surface area (Å²) in [6, 6.07) is 8.85. The van der Waals surface area contributed by atoms with Gasteiger partial charge in [-0.1, -0.05) is 12.1 Å². The second-order valence-corrected chi connectivity index (χ2v) is 9.20. The van der Waals surface area contributed by atoms with Crippen LogP contribution in [0.2, 0.25) is 0 Å². The maximum atomic E-state index is 12.8. The number of hydrogen-bond donors (Lipinski definition) is 1. The predicted molar refractivity (Wildman–Crippen MR) is 124 cm³/mol. The van der Waals surface area contributed by atoms with Crippen molar-refractivity contribution in [1.29, 1.82) is 0 Å². The Balaban J connectivity index is 1.27. The topological polar surface area (TPSA) is 73.9 Å². The summed E-state index contributed by atoms with van der Waals surface area (Å²) < 4.78 is 11.3. The number of hydrogen-bond acceptors (Lipinski definition) is 7. The summed E-state index contributed by atoms with van der Waals surface area (Å²) in [7, 11) is 0. The molecule has 2 aromatic rings. The number of nitrogens with one attached hydrogen (secondary N) is 1. The number of H-pyrrole nitrogens is 1. The molecule has 0 radical (unpaired) electrons. The van der Waals surface area contributed by atoms with Crippen molar-refractivity contribution in [1.82, 2.24) is 14.9 Å². The summed E-state index contributed by atoms with van der Waals surface area (Å²) >= 11 is 0. The SMILES string of the molecule is C[C@H]1CN(c2nc3c(c(=O)[nH]2)CCN(Cc2ccc(N4CCOCC4)cc2)C3)C[C@H](C)O1. The van der Waals surface area contributed by atoms with Gasteiger partial charge in [-0.05, 0) is 38.0 Å². The first kappa shape index (κ1) is 21.4. The number of anilines is 2. The number of aromatic amines is 1. The average molecular weight is 440 g/mol. The Kier molecular flexibility index (Phi) is 6.17. The van der Waals surface area contributed by atoms with Crippen LogP contribution in [0.3, 0.4) is 0 Å². The summed E-state index contributed by atoms with van der Waals surface area (Å²) in [5.41, 5.74) is 4.29. The Morgan fingerprint density at radius 3 is 2.47 bits per heavy atom. The fourth-order valence-electron chi connectivity index (χ4n) is 5.01. The van der Waals surface area contributed by atoms with Crippen LogP contribution in [-0.4, -0.2) is 73.0 Å². The molecule has 0 bridgehead atoms. The zero-order valence-electron chi connectivity index (χ0n) is 19.0. The molecule has 4 heterocycles. The van der Waals surface area contributed by atoms with E-state index in [0.29, 0.717) is 12.5 Å². The molecule has 2 atom stereocenters. The Bertz CT molecular complexity index is 976. The van der Waals surface area contributed by atoms with Gasteiger partial charge in [0.25, 0.3) is 5.56 Å². The van der Waals surface area contributed by atoms with Crippen LogP contribution in [0.25, 0.3) is 0 Å². The van der Waals surface area contributed by atoms with Gasteiger partial charge in [-0.25, -0.2) is 4.98 Å². The summed E-state index contributed by atoms with van der Waals surface area (Å²) in [6.45, 7) is 11.5. The molecule has 32 heavy (non-hydrogen) atoms. The number of aromatic nitrogens is 2. The predicted octanol–water partition coefficient (Wildman–Crippen LogP) is 1.78. The van der Waals surface area contributed by atoms with Crippen LogP contribution in [0.15, 0.2) is 29.1 Å². The lowest BCUT2D eigenvalue weighted by Gasteiger charge is -2.36. The van der Waals surface area contributed by atoms with E-state index in [1.807, 2.05) is 0 Å². The van der Waals surface area contributed by atoms with E-state index in [4.69, 9.17) is 14.5 Å². The van der Waals surface area contributed by atoms with Crippen molar-refractivity contribution in [2.24, 2.45) is 0 Å². The Morgan fingerprint density at radius 1 is 1.03 bits per heavy atom. The van der Waals surface area contributed by atoms with E-state index in [1.54, 1.807) is 0 Å². The fraction of sp³-hybridized carbons (Fsp3) is 0.583. The zero-order valence-corrected chi connectivity index (χ0v) is 19.0. The van der Waals surface area contributed by atoms with E-state index in [2.05, 4.69) is 57.8 Å². The molecule has 5 rings (SSSR count). The molecule has 8 heteroatoms. The third kappa shape index (κ3) is 4.67. The molecule has 3 aliphatic rings. The molecule has 2 saturated heterocycles. The van der Waals surface area contributed by atoms with Crippen molar-refractivity contribution in [3.63, 3.8) is 0 Å². The molecular formula is C24H33N5O3. The van der Waals surface area contributed by atoms with E-state index in [0.717, 1.165) is 70.2 Å². The Morgan fingerprint density at radius 2 is 1.75 bits per heavy atom. The van der Waals surface area contributed by atoms with Crippen LogP contribution in [0, 0.1) is 0 Å². The van der Waals surface area contributed by atoms with Crippen molar-refractivity contribution in [3.05, 3.63) is 51.4 Å². The van der Waals surface area contributed by atoms with Gasteiger partial charge < -0.3 is 19.3 Å². The zero-order chi connectivity index (χ0) is 22.1. The van der Waals surface area contributed by atoms with Crippen LogP contribution >= 0.6 is 0 Å². The highest BCUT2D eigenvalue weighted by Crippen LogP contribution is 2.22. The Labute approximate surface area is 189 Å². The van der Waals surface area contributed by atoms with Gasteiger partial charge in [0.1, 0.15) is 0 Å². The summed E-state index contributed by atoms with van der Waals surface area (Å²) in [6.07, 6.45) is 0.980. The molecule has 1 aromatic carbocycles. The number of rotatable bonds is 4. The molecule has 1 aromatic heterocycles. The molecule has 0 spiro atoms. The second kappa shape index (κ2) is 9.21. The van der Waals surface area contributed by atoms with Crippen molar-refractivity contribution < 1.29 is 9.47 Å². The summed E-state index contributed by atoms with van der Waals surface area (Å²) in [5, 5.41) is 0. The Hall–Kier alpha value is -2.42. The van der Waals surface area contributed by atoms with Gasteiger partial charge in [-0.2, -0.15) is 0 Å². The quantitative estimate of drug-likeness (QED) is 0.778. The molecule has 172 valence electrons. The van der Waals surface area contributed by atoms with Gasteiger partial charge in [0.05, 0.1) is 31.1 Å². The van der Waals surface area contributed by atoms with Crippen LogP contribution in [0.1, 0.15) is 30.7 Å². The van der Waals surface area contributed by atoms with Crippen LogP contribution in [0.4, 0.5) is 11.6 Å². The van der Waals surface area contributed by atoms with Crippen molar-refractivity contribution in [3.8, 4) is 0 Å². The maximum absolute atomic E-state index is 12.8. The van der Waals surface area contributed by atoms with Gasteiger partial charge in [-0.3, -0.25) is 14.7 Å².